The lowest BCUT2D eigenvalue weighted by atomic mass is 10.1. The van der Waals surface area contributed by atoms with E-state index in [0.29, 0.717) is 18.1 Å². The lowest BCUT2D eigenvalue weighted by molar-refractivity contribution is -0.120. The van der Waals surface area contributed by atoms with Crippen LogP contribution in [-0.2, 0) is 11.3 Å². The molecule has 0 spiro atoms. The van der Waals surface area contributed by atoms with Gasteiger partial charge in [-0.1, -0.05) is 23.7 Å². The second-order valence-electron chi connectivity index (χ2n) is 5.74. The molecule has 2 amide bonds. The Morgan fingerprint density at radius 2 is 2.00 bits per heavy atom. The summed E-state index contributed by atoms with van der Waals surface area (Å²) in [5, 5.41) is 5.76. The fourth-order valence-electron chi connectivity index (χ4n) is 2.63. The minimum Gasteiger partial charge on any atom is -0.360 e. The SMILES string of the molecule is O=C1CN(c2ccc(CNC(=O)c3cc(Cl)ccc3F)cc2)CCN1. The Hall–Kier alpha value is -2.60. The van der Waals surface area contributed by atoms with E-state index in [1.54, 1.807) is 0 Å². The van der Waals surface area contributed by atoms with Crippen molar-refractivity contribution in [3.8, 4) is 0 Å². The van der Waals surface area contributed by atoms with Gasteiger partial charge in [0.15, 0.2) is 0 Å². The van der Waals surface area contributed by atoms with E-state index in [-0.39, 0.29) is 18.0 Å². The maximum atomic E-state index is 13.7. The number of carbonyl (C=O) groups excluding carboxylic acids is 2. The molecule has 1 fully saturated rings. The van der Waals surface area contributed by atoms with Crippen molar-refractivity contribution in [3.63, 3.8) is 0 Å². The number of halogens is 2. The average molecular weight is 362 g/mol. The first-order chi connectivity index (χ1) is 12.0. The van der Waals surface area contributed by atoms with Gasteiger partial charge in [-0.05, 0) is 35.9 Å². The normalized spacial score (nSPS) is 14.2. The third-order valence-electron chi connectivity index (χ3n) is 3.97. The van der Waals surface area contributed by atoms with Gasteiger partial charge >= 0.3 is 0 Å². The second kappa shape index (κ2) is 7.53. The number of piperazine rings is 1. The first kappa shape index (κ1) is 17.2. The fraction of sp³-hybridized carbons (Fsp3) is 0.222. The molecule has 2 N–H and O–H groups in total. The summed E-state index contributed by atoms with van der Waals surface area (Å²) in [6, 6.07) is 11.4. The highest BCUT2D eigenvalue weighted by atomic mass is 35.5. The van der Waals surface area contributed by atoms with Crippen LogP contribution in [0.4, 0.5) is 10.1 Å². The fourth-order valence-corrected chi connectivity index (χ4v) is 2.80. The zero-order chi connectivity index (χ0) is 17.8. The molecule has 1 heterocycles. The zero-order valence-electron chi connectivity index (χ0n) is 13.4. The van der Waals surface area contributed by atoms with Gasteiger partial charge in [-0.3, -0.25) is 9.59 Å². The van der Waals surface area contributed by atoms with Crippen LogP contribution in [0.5, 0.6) is 0 Å². The van der Waals surface area contributed by atoms with Gasteiger partial charge < -0.3 is 15.5 Å². The maximum absolute atomic E-state index is 13.7. The summed E-state index contributed by atoms with van der Waals surface area (Å²) >= 11 is 5.80. The molecule has 0 bridgehead atoms. The van der Waals surface area contributed by atoms with Crippen molar-refractivity contribution in [3.05, 3.63) is 64.4 Å². The molecule has 5 nitrogen and oxygen atoms in total. The number of nitrogens with zero attached hydrogens (tertiary/aromatic N) is 1. The number of carbonyl (C=O) groups is 2. The standard InChI is InChI=1S/C18H17ClFN3O2/c19-13-3-6-16(20)15(9-13)18(25)22-10-12-1-4-14(5-2-12)23-8-7-21-17(24)11-23/h1-6,9H,7-8,10-11H2,(H,21,24)(H,22,25). The van der Waals surface area contributed by atoms with Gasteiger partial charge in [0.05, 0.1) is 12.1 Å². The van der Waals surface area contributed by atoms with E-state index in [9.17, 15) is 14.0 Å². The molecule has 7 heteroatoms. The largest absolute Gasteiger partial charge is 0.360 e. The lowest BCUT2D eigenvalue weighted by Gasteiger charge is -2.28. The van der Waals surface area contributed by atoms with Crippen molar-refractivity contribution in [2.24, 2.45) is 0 Å². The van der Waals surface area contributed by atoms with E-state index in [1.807, 2.05) is 29.2 Å². The molecule has 0 saturated carbocycles. The number of amides is 2. The molecule has 0 radical (unpaired) electrons. The minimum atomic E-state index is -0.611. The highest BCUT2D eigenvalue weighted by Gasteiger charge is 2.16. The highest BCUT2D eigenvalue weighted by molar-refractivity contribution is 6.31. The summed E-state index contributed by atoms with van der Waals surface area (Å²) in [7, 11) is 0. The van der Waals surface area contributed by atoms with E-state index < -0.39 is 11.7 Å². The average Bonchev–Trinajstić information content (AvgIpc) is 2.62. The molecule has 0 aliphatic carbocycles. The molecule has 0 atom stereocenters. The third kappa shape index (κ3) is 4.28. The maximum Gasteiger partial charge on any atom is 0.254 e. The van der Waals surface area contributed by atoms with Crippen LogP contribution in [0.2, 0.25) is 5.02 Å². The van der Waals surface area contributed by atoms with Crippen molar-refractivity contribution < 1.29 is 14.0 Å². The molecule has 0 unspecified atom stereocenters. The monoisotopic (exact) mass is 361 g/mol. The number of hydrogen-bond donors (Lipinski definition) is 2. The van der Waals surface area contributed by atoms with Gasteiger partial charge in [-0.15, -0.1) is 0 Å². The van der Waals surface area contributed by atoms with Crippen LogP contribution in [0.25, 0.3) is 0 Å². The van der Waals surface area contributed by atoms with Gasteiger partial charge in [0.25, 0.3) is 5.91 Å². The Kier molecular flexibility index (Phi) is 5.19. The highest BCUT2D eigenvalue weighted by Crippen LogP contribution is 2.17. The summed E-state index contributed by atoms with van der Waals surface area (Å²) in [5.74, 6) is -1.12. The topological polar surface area (TPSA) is 61.4 Å². The van der Waals surface area contributed by atoms with Crippen LogP contribution in [0.3, 0.4) is 0 Å². The molecule has 0 aromatic heterocycles. The molecule has 130 valence electrons. The van der Waals surface area contributed by atoms with Crippen molar-refractivity contribution in [2.75, 3.05) is 24.5 Å². The summed E-state index contributed by atoms with van der Waals surface area (Å²) < 4.78 is 13.7. The molecular weight excluding hydrogens is 345 g/mol. The van der Waals surface area contributed by atoms with Crippen LogP contribution in [0, 0.1) is 5.82 Å². The van der Waals surface area contributed by atoms with E-state index in [2.05, 4.69) is 10.6 Å². The van der Waals surface area contributed by atoms with Gasteiger partial charge in [0.1, 0.15) is 5.82 Å². The molecule has 2 aromatic carbocycles. The molecule has 1 aliphatic rings. The van der Waals surface area contributed by atoms with Crippen molar-refractivity contribution >= 4 is 29.1 Å². The number of rotatable bonds is 4. The van der Waals surface area contributed by atoms with Gasteiger partial charge in [0.2, 0.25) is 5.91 Å². The molecule has 25 heavy (non-hydrogen) atoms. The van der Waals surface area contributed by atoms with Crippen molar-refractivity contribution in [2.45, 2.75) is 6.54 Å². The molecule has 1 saturated heterocycles. The van der Waals surface area contributed by atoms with Crippen LogP contribution < -0.4 is 15.5 Å². The molecule has 3 rings (SSSR count). The Morgan fingerprint density at radius 1 is 1.24 bits per heavy atom. The lowest BCUT2D eigenvalue weighted by Crippen LogP contribution is -2.47. The first-order valence-electron chi connectivity index (χ1n) is 7.87. The predicted octanol–water partition coefficient (Wildman–Crippen LogP) is 2.35. The van der Waals surface area contributed by atoms with Crippen LogP contribution in [0.1, 0.15) is 15.9 Å². The minimum absolute atomic E-state index is 0.00568. The van der Waals surface area contributed by atoms with E-state index in [1.165, 1.54) is 18.2 Å². The third-order valence-corrected chi connectivity index (χ3v) is 4.20. The Labute approximate surface area is 149 Å². The number of anilines is 1. The summed E-state index contributed by atoms with van der Waals surface area (Å²) in [6.45, 7) is 1.99. The van der Waals surface area contributed by atoms with Crippen molar-refractivity contribution in [1.82, 2.24) is 10.6 Å². The van der Waals surface area contributed by atoms with Gasteiger partial charge in [0, 0.05) is 30.3 Å². The molecule has 1 aliphatic heterocycles. The number of nitrogens with one attached hydrogen (secondary N) is 2. The van der Waals surface area contributed by atoms with E-state index in [0.717, 1.165) is 17.8 Å². The van der Waals surface area contributed by atoms with E-state index >= 15 is 0 Å². The quantitative estimate of drug-likeness (QED) is 0.878. The Morgan fingerprint density at radius 3 is 2.72 bits per heavy atom. The van der Waals surface area contributed by atoms with Gasteiger partial charge in [-0.25, -0.2) is 4.39 Å². The smallest absolute Gasteiger partial charge is 0.254 e. The second-order valence-corrected chi connectivity index (χ2v) is 6.18. The predicted molar refractivity (Wildman–Crippen MR) is 94.2 cm³/mol. The zero-order valence-corrected chi connectivity index (χ0v) is 14.1. The van der Waals surface area contributed by atoms with Crippen LogP contribution in [0.15, 0.2) is 42.5 Å². The van der Waals surface area contributed by atoms with Gasteiger partial charge in [-0.2, -0.15) is 0 Å². The Bertz CT molecular complexity index is 795. The Balaban J connectivity index is 1.61. The number of hydrogen-bond acceptors (Lipinski definition) is 3. The summed E-state index contributed by atoms with van der Waals surface area (Å²) in [5.41, 5.74) is 1.75. The van der Waals surface area contributed by atoms with Crippen molar-refractivity contribution in [1.29, 1.82) is 0 Å². The van der Waals surface area contributed by atoms with Crippen LogP contribution in [-0.4, -0.2) is 31.4 Å². The summed E-state index contributed by atoms with van der Waals surface area (Å²) in [4.78, 5) is 25.5. The first-order valence-corrected chi connectivity index (χ1v) is 8.24. The molecular formula is C18H17ClFN3O2. The summed E-state index contributed by atoms with van der Waals surface area (Å²) in [6.07, 6.45) is 0. The van der Waals surface area contributed by atoms with Crippen LogP contribution >= 0.6 is 11.6 Å². The molecule has 2 aromatic rings. The number of benzene rings is 2. The van der Waals surface area contributed by atoms with E-state index in [4.69, 9.17) is 11.6 Å².